The molecule has 0 nitrogen and oxygen atoms in total. The molecule has 62 valence electrons. The lowest BCUT2D eigenvalue weighted by Crippen LogP contribution is -2.06. The molecule has 0 bridgehead atoms. The van der Waals surface area contributed by atoms with E-state index in [9.17, 15) is 0 Å². The smallest absolute Gasteiger partial charge is 0.0599 e. The zero-order valence-electron chi connectivity index (χ0n) is 4.68. The summed E-state index contributed by atoms with van der Waals surface area (Å²) in [6.07, 6.45) is 2.21. The standard InChI is InChI=1S/C4H4Br3I3/c5-3(6,7)1-2-4(8,9)10/h1-2H2. The summed E-state index contributed by atoms with van der Waals surface area (Å²) in [6, 6.07) is 0. The summed E-state index contributed by atoms with van der Waals surface area (Å²) in [5.74, 6) is 0. The Morgan fingerprint density at radius 3 is 1.40 bits per heavy atom. The van der Waals surface area contributed by atoms with Crippen molar-refractivity contribution in [1.29, 1.82) is 0 Å². The van der Waals surface area contributed by atoms with Gasteiger partial charge in [0.15, 0.2) is 0 Å². The topological polar surface area (TPSA) is 0 Å². The van der Waals surface area contributed by atoms with Gasteiger partial charge < -0.3 is 0 Å². The summed E-state index contributed by atoms with van der Waals surface area (Å²) in [7, 11) is 0. The second-order valence-corrected chi connectivity index (χ2v) is 20.7. The van der Waals surface area contributed by atoms with Crippen LogP contribution in [-0.4, -0.2) is 1.58 Å². The number of alkyl halides is 6. The molecule has 10 heavy (non-hydrogen) atoms. The van der Waals surface area contributed by atoms with Gasteiger partial charge in [0.05, 0.1) is 0 Å². The van der Waals surface area contributed by atoms with Crippen molar-refractivity contribution in [3.63, 3.8) is 0 Å². The van der Waals surface area contributed by atoms with Crippen LogP contribution in [0.1, 0.15) is 12.8 Å². The Labute approximate surface area is 127 Å². The van der Waals surface area contributed by atoms with Gasteiger partial charge in [-0.1, -0.05) is 116 Å². The highest BCUT2D eigenvalue weighted by Gasteiger charge is 2.24. The maximum atomic E-state index is 3.45. The minimum absolute atomic E-state index is 0.0697. The van der Waals surface area contributed by atoms with Crippen LogP contribution in [0.3, 0.4) is 0 Å². The average Bonchev–Trinajstić information content (AvgIpc) is 1.57. The lowest BCUT2D eigenvalue weighted by molar-refractivity contribution is 0.864. The Hall–Kier alpha value is 3.63. The Kier molecular flexibility index (Phi) is 7.49. The maximum absolute atomic E-state index is 3.45. The van der Waals surface area contributed by atoms with Gasteiger partial charge in [0.25, 0.3) is 0 Å². The quantitative estimate of drug-likeness (QED) is 0.266. The lowest BCUT2D eigenvalue weighted by atomic mass is 10.4. The predicted octanol–water partition coefficient (Wildman–Crippen LogP) is 5.56. The molecule has 0 aromatic carbocycles. The monoisotopic (exact) mass is 669 g/mol. The van der Waals surface area contributed by atoms with Crippen molar-refractivity contribution >= 4 is 116 Å². The van der Waals surface area contributed by atoms with E-state index in [0.29, 0.717) is -0.565 Å². The van der Waals surface area contributed by atoms with Crippen LogP contribution in [0.5, 0.6) is 0 Å². The average molecular weight is 672 g/mol. The van der Waals surface area contributed by atoms with E-state index in [4.69, 9.17) is 0 Å². The van der Waals surface area contributed by atoms with Crippen LogP contribution in [0.2, 0.25) is 0 Å². The van der Waals surface area contributed by atoms with Crippen LogP contribution in [0.4, 0.5) is 0 Å². The van der Waals surface area contributed by atoms with Gasteiger partial charge in [-0.25, -0.2) is 0 Å². The molecule has 0 N–H and O–H groups in total. The van der Waals surface area contributed by atoms with Crippen LogP contribution in [0.15, 0.2) is 0 Å². The highest BCUT2D eigenvalue weighted by molar-refractivity contribution is 14.3. The molecule has 0 amide bonds. The first-order chi connectivity index (χ1) is 4.21. The molecule has 0 fully saturated rings. The second-order valence-electron chi connectivity index (χ2n) is 1.73. The van der Waals surface area contributed by atoms with Crippen molar-refractivity contribution < 1.29 is 0 Å². The van der Waals surface area contributed by atoms with Gasteiger partial charge in [-0.2, -0.15) is 0 Å². The van der Waals surface area contributed by atoms with Crippen LogP contribution < -0.4 is 0 Å². The van der Waals surface area contributed by atoms with Gasteiger partial charge in [0, 0.05) is 0 Å². The SMILES string of the molecule is BrC(Br)(Br)CCC(I)(I)I. The number of rotatable bonds is 2. The van der Waals surface area contributed by atoms with Crippen molar-refractivity contribution in [1.82, 2.24) is 0 Å². The summed E-state index contributed by atoms with van der Waals surface area (Å²) < 4.78 is 0.258. The first-order valence-electron chi connectivity index (χ1n) is 2.34. The van der Waals surface area contributed by atoms with E-state index in [2.05, 4.69) is 116 Å². The van der Waals surface area contributed by atoms with E-state index in [-0.39, 0.29) is 2.14 Å². The van der Waals surface area contributed by atoms with E-state index in [1.807, 2.05) is 0 Å². The summed E-state index contributed by atoms with van der Waals surface area (Å²) in [5, 5.41) is 0. The molecule has 0 rings (SSSR count). The summed E-state index contributed by atoms with van der Waals surface area (Å²) >= 11 is 17.6. The third kappa shape index (κ3) is 11.6. The van der Waals surface area contributed by atoms with Crippen LogP contribution >= 0.6 is 116 Å². The molecule has 0 atom stereocenters. The number of halogens is 6. The van der Waals surface area contributed by atoms with Crippen molar-refractivity contribution in [2.45, 2.75) is 14.4 Å². The van der Waals surface area contributed by atoms with Crippen molar-refractivity contribution in [2.24, 2.45) is 0 Å². The highest BCUT2D eigenvalue weighted by atomic mass is 127. The Morgan fingerprint density at radius 2 is 1.30 bits per heavy atom. The Bertz CT molecular complexity index is 89.3. The van der Waals surface area contributed by atoms with E-state index < -0.39 is 0 Å². The molecule has 6 heteroatoms. The van der Waals surface area contributed by atoms with Crippen LogP contribution in [0.25, 0.3) is 0 Å². The normalized spacial score (nSPS) is 13.8. The van der Waals surface area contributed by atoms with E-state index in [0.717, 1.165) is 12.8 Å². The largest absolute Gasteiger partial charge is 0.135 e. The molecular formula is C4H4Br3I3. The molecule has 0 saturated carbocycles. The summed E-state index contributed by atoms with van der Waals surface area (Å²) in [5.41, 5.74) is 0. The predicted molar refractivity (Wildman–Crippen MR) is 83.5 cm³/mol. The van der Waals surface area contributed by atoms with Gasteiger partial charge in [-0.15, -0.1) is 0 Å². The fourth-order valence-corrected chi connectivity index (χ4v) is 1.69. The summed E-state index contributed by atoms with van der Waals surface area (Å²) in [6.45, 7) is 0. The van der Waals surface area contributed by atoms with E-state index in [1.54, 1.807) is 0 Å². The number of hydrogen-bond acceptors (Lipinski definition) is 0. The van der Waals surface area contributed by atoms with Crippen molar-refractivity contribution in [3.05, 3.63) is 0 Å². The zero-order chi connectivity index (χ0) is 8.41. The van der Waals surface area contributed by atoms with E-state index in [1.165, 1.54) is 0 Å². The molecule has 0 saturated heterocycles. The van der Waals surface area contributed by atoms with Crippen LogP contribution in [-0.2, 0) is 0 Å². The fraction of sp³-hybridized carbons (Fsp3) is 1.00. The molecule has 0 heterocycles. The van der Waals surface area contributed by atoms with Gasteiger partial charge in [0.2, 0.25) is 0 Å². The third-order valence-corrected chi connectivity index (χ3v) is 3.50. The second kappa shape index (κ2) is 5.50. The summed E-state index contributed by atoms with van der Waals surface area (Å²) in [4.78, 5) is 0. The minimum atomic E-state index is -0.0697. The molecule has 0 unspecified atom stereocenters. The Morgan fingerprint density at radius 1 is 0.900 bits per heavy atom. The van der Waals surface area contributed by atoms with Gasteiger partial charge in [0.1, 0.15) is 1.58 Å². The molecule has 0 aromatic rings. The van der Waals surface area contributed by atoms with Crippen molar-refractivity contribution in [2.75, 3.05) is 0 Å². The zero-order valence-corrected chi connectivity index (χ0v) is 15.9. The molecule has 0 spiro atoms. The third-order valence-electron chi connectivity index (χ3n) is 0.692. The first kappa shape index (κ1) is 13.6. The molecule has 0 aliphatic carbocycles. The fourth-order valence-electron chi connectivity index (χ4n) is 0.283. The molecule has 0 aliphatic heterocycles. The molecule has 0 aromatic heterocycles. The van der Waals surface area contributed by atoms with E-state index >= 15 is 0 Å². The van der Waals surface area contributed by atoms with Crippen LogP contribution in [0, 0.1) is 0 Å². The van der Waals surface area contributed by atoms with Gasteiger partial charge >= 0.3 is 0 Å². The highest BCUT2D eigenvalue weighted by Crippen LogP contribution is 2.46. The molecule has 0 radical (unpaired) electrons. The van der Waals surface area contributed by atoms with Gasteiger partial charge in [-0.05, 0) is 12.8 Å². The maximum Gasteiger partial charge on any atom is 0.135 e. The first-order valence-corrected chi connectivity index (χ1v) is 7.96. The molecular weight excluding hydrogens is 668 g/mol. The Balaban J connectivity index is 3.56. The molecule has 0 aliphatic rings. The number of hydrogen-bond donors (Lipinski definition) is 0. The van der Waals surface area contributed by atoms with Crippen molar-refractivity contribution in [3.8, 4) is 0 Å². The minimum Gasteiger partial charge on any atom is -0.0599 e. The van der Waals surface area contributed by atoms with Gasteiger partial charge in [-0.3, -0.25) is 0 Å². The lowest BCUT2D eigenvalue weighted by Gasteiger charge is -2.16.